The topological polar surface area (TPSA) is 178 Å². The highest BCUT2D eigenvalue weighted by atomic mass is 19.4. The van der Waals surface area contributed by atoms with Crippen molar-refractivity contribution in [1.82, 2.24) is 15.0 Å². The molecular formula is C24H31F3N4O8. The van der Waals surface area contributed by atoms with Crippen molar-refractivity contribution >= 4 is 18.0 Å². The van der Waals surface area contributed by atoms with Crippen LogP contribution in [0.25, 0.3) is 0 Å². The maximum atomic E-state index is 12.6. The molecule has 39 heavy (non-hydrogen) atoms. The number of aromatic amines is 1. The molecule has 0 bridgehead atoms. The second-order valence-corrected chi connectivity index (χ2v) is 8.72. The largest absolute Gasteiger partial charge is 0.490 e. The number of aliphatic carboxylic acids is 1. The lowest BCUT2D eigenvalue weighted by molar-refractivity contribution is -0.192. The zero-order valence-electron chi connectivity index (χ0n) is 21.2. The lowest BCUT2D eigenvalue weighted by Crippen LogP contribution is -2.38. The third-order valence-corrected chi connectivity index (χ3v) is 5.89. The Hall–Kier alpha value is -3.88. The number of likely N-dealkylation sites (tertiary alicyclic amines) is 1. The van der Waals surface area contributed by atoms with Crippen molar-refractivity contribution < 1.29 is 46.7 Å². The van der Waals surface area contributed by atoms with Gasteiger partial charge in [-0.1, -0.05) is 41.9 Å². The Morgan fingerprint density at radius 1 is 1.21 bits per heavy atom. The van der Waals surface area contributed by atoms with Gasteiger partial charge < -0.3 is 25.2 Å². The molecule has 12 nitrogen and oxygen atoms in total. The summed E-state index contributed by atoms with van der Waals surface area (Å²) in [5.74, 6) is -3.80. The average Bonchev–Trinajstić information content (AvgIpc) is 3.48. The fraction of sp³-hybridized carbons (Fsp3) is 0.542. The highest BCUT2D eigenvalue weighted by Gasteiger charge is 2.42. The van der Waals surface area contributed by atoms with Gasteiger partial charge in [0.05, 0.1) is 12.5 Å². The molecule has 1 aromatic carbocycles. The molecule has 1 amide bonds. The minimum Gasteiger partial charge on any atom is -0.475 e. The molecule has 1 aliphatic rings. The fourth-order valence-electron chi connectivity index (χ4n) is 4.02. The predicted molar refractivity (Wildman–Crippen MR) is 128 cm³/mol. The number of nitrogens with zero attached hydrogens (tertiary/aromatic N) is 2. The molecular weight excluding hydrogens is 529 g/mol. The zero-order chi connectivity index (χ0) is 29.0. The maximum absolute atomic E-state index is 12.6. The van der Waals surface area contributed by atoms with Gasteiger partial charge in [0.1, 0.15) is 6.61 Å². The van der Waals surface area contributed by atoms with Crippen molar-refractivity contribution in [2.45, 2.75) is 51.4 Å². The predicted octanol–water partition coefficient (Wildman–Crippen LogP) is 2.48. The van der Waals surface area contributed by atoms with E-state index in [1.165, 1.54) is 0 Å². The van der Waals surface area contributed by atoms with E-state index in [1.54, 1.807) is 11.8 Å². The highest BCUT2D eigenvalue weighted by molar-refractivity contribution is 5.74. The van der Waals surface area contributed by atoms with Gasteiger partial charge in [0.25, 0.3) is 0 Å². The Morgan fingerprint density at radius 3 is 2.44 bits per heavy atom. The van der Waals surface area contributed by atoms with Crippen molar-refractivity contribution in [2.24, 2.45) is 17.6 Å². The Balaban J connectivity index is 0.000000673. The summed E-state index contributed by atoms with van der Waals surface area (Å²) < 4.78 is 46.9. The molecule has 0 aliphatic carbocycles. The van der Waals surface area contributed by atoms with Crippen LogP contribution in [0.5, 0.6) is 0 Å². The van der Waals surface area contributed by atoms with E-state index < -0.39 is 29.9 Å². The average molecular weight is 561 g/mol. The smallest absolute Gasteiger partial charge is 0.475 e. The summed E-state index contributed by atoms with van der Waals surface area (Å²) in [5.41, 5.74) is 7.23. The number of alkyl halides is 3. The van der Waals surface area contributed by atoms with Crippen LogP contribution in [0, 0.1) is 11.8 Å². The molecule has 1 fully saturated rings. The van der Waals surface area contributed by atoms with Gasteiger partial charge in [-0.3, -0.25) is 14.3 Å². The van der Waals surface area contributed by atoms with E-state index >= 15 is 0 Å². The number of amides is 1. The van der Waals surface area contributed by atoms with Crippen molar-refractivity contribution in [2.75, 3.05) is 19.7 Å². The number of nitrogens with two attached hydrogens (primary N) is 1. The number of halogens is 3. The van der Waals surface area contributed by atoms with Crippen LogP contribution in [0.1, 0.15) is 37.6 Å². The Morgan fingerprint density at radius 2 is 1.87 bits per heavy atom. The number of benzene rings is 1. The molecule has 15 heteroatoms. The van der Waals surface area contributed by atoms with Crippen molar-refractivity contribution in [3.8, 4) is 0 Å². The number of unbranched alkanes of at least 4 members (excludes halogenated alkanes) is 1. The molecule has 3 rings (SSSR count). The van der Waals surface area contributed by atoms with Crippen LogP contribution in [-0.4, -0.2) is 70.1 Å². The first kappa shape index (κ1) is 31.3. The molecule has 1 saturated heterocycles. The van der Waals surface area contributed by atoms with Crippen LogP contribution in [0.3, 0.4) is 0 Å². The van der Waals surface area contributed by atoms with Crippen molar-refractivity contribution in [3.05, 3.63) is 52.3 Å². The van der Waals surface area contributed by atoms with Gasteiger partial charge in [-0.2, -0.15) is 13.2 Å². The first-order valence-electron chi connectivity index (χ1n) is 12.1. The first-order valence-corrected chi connectivity index (χ1v) is 12.1. The summed E-state index contributed by atoms with van der Waals surface area (Å²) in [6.07, 6.45) is -3.00. The summed E-state index contributed by atoms with van der Waals surface area (Å²) in [4.78, 5) is 49.2. The second kappa shape index (κ2) is 14.9. The van der Waals surface area contributed by atoms with E-state index in [9.17, 15) is 27.6 Å². The van der Waals surface area contributed by atoms with Crippen LogP contribution in [0.4, 0.5) is 18.0 Å². The zero-order valence-corrected chi connectivity index (χ0v) is 21.2. The van der Waals surface area contributed by atoms with E-state index in [2.05, 4.69) is 14.7 Å². The van der Waals surface area contributed by atoms with Crippen LogP contribution >= 0.6 is 0 Å². The molecule has 1 aromatic heterocycles. The van der Waals surface area contributed by atoms with E-state index in [0.29, 0.717) is 44.6 Å². The molecule has 2 heterocycles. The maximum Gasteiger partial charge on any atom is 0.490 e. The minimum absolute atomic E-state index is 0.182. The second-order valence-electron chi connectivity index (χ2n) is 8.72. The van der Waals surface area contributed by atoms with Gasteiger partial charge >= 0.3 is 30.0 Å². The third-order valence-electron chi connectivity index (χ3n) is 5.89. The van der Waals surface area contributed by atoms with Gasteiger partial charge in [-0.15, -0.1) is 0 Å². The normalized spacial score (nSPS) is 17.6. The first-order chi connectivity index (χ1) is 18.4. The fourth-order valence-corrected chi connectivity index (χ4v) is 4.02. The van der Waals surface area contributed by atoms with Gasteiger partial charge in [-0.25, -0.2) is 14.4 Å². The summed E-state index contributed by atoms with van der Waals surface area (Å²) in [6.45, 7) is 2.89. The number of hydrogen-bond acceptors (Lipinski definition) is 9. The van der Waals surface area contributed by atoms with E-state index in [0.717, 1.165) is 5.56 Å². The van der Waals surface area contributed by atoms with Crippen LogP contribution < -0.4 is 11.5 Å². The molecule has 3 atom stereocenters. The van der Waals surface area contributed by atoms with E-state index in [-0.39, 0.29) is 31.1 Å². The summed E-state index contributed by atoms with van der Waals surface area (Å²) in [6, 6.07) is 9.09. The number of esters is 1. The van der Waals surface area contributed by atoms with Gasteiger partial charge in [-0.05, 0) is 25.3 Å². The third kappa shape index (κ3) is 10.4. The molecule has 0 spiro atoms. The number of carboxylic acid groups (broad SMARTS) is 1. The summed E-state index contributed by atoms with van der Waals surface area (Å²) in [5, 5.41) is 10.8. The minimum atomic E-state index is -5.08. The summed E-state index contributed by atoms with van der Waals surface area (Å²) >= 11 is 0. The molecule has 0 saturated carbocycles. The van der Waals surface area contributed by atoms with Gasteiger partial charge in [0.15, 0.2) is 5.82 Å². The quantitative estimate of drug-likeness (QED) is 0.289. The number of aryl methyl sites for hydroxylation is 1. The number of aromatic nitrogens is 2. The molecule has 2 aromatic rings. The molecule has 0 radical (unpaired) electrons. The number of H-pyrrole nitrogens is 1. The molecule has 216 valence electrons. The number of rotatable bonds is 10. The SMILES string of the molecule is CCOC(=O)C(CCCCc1noc(=O)[nH]1)[C@H]1CN(C(=O)OCc2ccccc2)C[C@@H]1N.O=C(O)C(F)(F)F. The number of ether oxygens (including phenoxy) is 2. The molecule has 4 N–H and O–H groups in total. The number of carbonyl (C=O) groups excluding carboxylic acids is 2. The molecule has 1 unspecified atom stereocenters. The number of nitrogens with one attached hydrogen (secondary N) is 1. The monoisotopic (exact) mass is 560 g/mol. The van der Waals surface area contributed by atoms with E-state index in [1.807, 2.05) is 30.3 Å². The molecule has 1 aliphatic heterocycles. The van der Waals surface area contributed by atoms with E-state index in [4.69, 9.17) is 25.1 Å². The van der Waals surface area contributed by atoms with Crippen LogP contribution in [0.15, 0.2) is 39.6 Å². The number of carbonyl (C=O) groups is 3. The number of hydrogen-bond donors (Lipinski definition) is 3. The highest BCUT2D eigenvalue weighted by Crippen LogP contribution is 2.29. The lowest BCUT2D eigenvalue weighted by atomic mass is 9.84. The summed E-state index contributed by atoms with van der Waals surface area (Å²) in [7, 11) is 0. The lowest BCUT2D eigenvalue weighted by Gasteiger charge is -2.24. The Labute approximate surface area is 221 Å². The van der Waals surface area contributed by atoms with Crippen LogP contribution in [0.2, 0.25) is 0 Å². The number of carboxylic acids is 1. The Bertz CT molecular complexity index is 1120. The Kier molecular flexibility index (Phi) is 12.0. The standard InChI is InChI=1S/C22H30N4O6.C2HF3O2/c1-2-30-20(27)16(10-6-7-11-19-24-21(28)32-25-19)17-12-26(13-18(17)23)22(29)31-14-15-8-4-3-5-9-15;3-2(4,5)1(6)7/h3-5,8-9,16-18H,2,6-7,10-14,23H2,1H3,(H,24,25,28);(H,6,7)/t16?,17-,18+;/m1./s1. The van der Waals surface area contributed by atoms with Gasteiger partial charge in [0.2, 0.25) is 0 Å². The van der Waals surface area contributed by atoms with Gasteiger partial charge in [0, 0.05) is 31.5 Å². The van der Waals surface area contributed by atoms with Crippen LogP contribution in [-0.2, 0) is 32.1 Å². The van der Waals surface area contributed by atoms with Crippen molar-refractivity contribution in [1.29, 1.82) is 0 Å². The van der Waals surface area contributed by atoms with Crippen molar-refractivity contribution in [3.63, 3.8) is 0 Å².